The van der Waals surface area contributed by atoms with Crippen LogP contribution in [0.2, 0.25) is 0 Å². The summed E-state index contributed by atoms with van der Waals surface area (Å²) in [6.45, 7) is 1.57. The molecule has 150 valence electrons. The second-order valence-electron chi connectivity index (χ2n) is 6.52. The molecule has 1 heterocycles. The van der Waals surface area contributed by atoms with Crippen molar-refractivity contribution in [1.29, 1.82) is 0 Å². The molecule has 0 N–H and O–H groups in total. The molecule has 29 heavy (non-hydrogen) atoms. The minimum Gasteiger partial charge on any atom is -0.455 e. The molecular weight excluding hydrogens is 381 g/mol. The van der Waals surface area contributed by atoms with Crippen molar-refractivity contribution in [2.45, 2.75) is 13.5 Å². The van der Waals surface area contributed by atoms with Gasteiger partial charge >= 0.3 is 5.97 Å². The highest BCUT2D eigenvalue weighted by molar-refractivity contribution is 5.96. The SMILES string of the molecule is Cc1c(COC(=O)c2cc([N+](=O)[O-])ccc2N(C)C)noc1-c1ccc(F)cc1. The Balaban J connectivity index is 1.80. The van der Waals surface area contributed by atoms with E-state index in [4.69, 9.17) is 9.26 Å². The summed E-state index contributed by atoms with van der Waals surface area (Å²) in [5.74, 6) is -0.641. The van der Waals surface area contributed by atoms with Gasteiger partial charge in [-0.15, -0.1) is 0 Å². The van der Waals surface area contributed by atoms with Gasteiger partial charge in [0, 0.05) is 37.4 Å². The van der Waals surface area contributed by atoms with Gasteiger partial charge < -0.3 is 14.2 Å². The second-order valence-corrected chi connectivity index (χ2v) is 6.52. The van der Waals surface area contributed by atoms with E-state index < -0.39 is 10.9 Å². The minimum absolute atomic E-state index is 0.0732. The number of anilines is 1. The van der Waals surface area contributed by atoms with Crippen LogP contribution in [0.25, 0.3) is 11.3 Å². The number of hydrogen-bond donors (Lipinski definition) is 0. The topological polar surface area (TPSA) is 98.7 Å². The summed E-state index contributed by atoms with van der Waals surface area (Å²) in [4.78, 5) is 24.7. The molecule has 0 bridgehead atoms. The first kappa shape index (κ1) is 20.0. The van der Waals surface area contributed by atoms with E-state index in [9.17, 15) is 19.3 Å². The van der Waals surface area contributed by atoms with Gasteiger partial charge in [0.25, 0.3) is 5.69 Å². The number of nitro groups is 1. The quantitative estimate of drug-likeness (QED) is 0.349. The third-order valence-electron chi connectivity index (χ3n) is 4.36. The Morgan fingerprint density at radius 2 is 1.93 bits per heavy atom. The molecule has 8 nitrogen and oxygen atoms in total. The van der Waals surface area contributed by atoms with Crippen LogP contribution in [0.15, 0.2) is 47.0 Å². The van der Waals surface area contributed by atoms with Crippen LogP contribution in [0, 0.1) is 22.9 Å². The number of carbonyl (C=O) groups is 1. The number of nitro benzene ring substituents is 1. The number of nitrogens with zero attached hydrogens (tertiary/aromatic N) is 3. The first-order chi connectivity index (χ1) is 13.8. The lowest BCUT2D eigenvalue weighted by atomic mass is 10.1. The van der Waals surface area contributed by atoms with E-state index >= 15 is 0 Å². The van der Waals surface area contributed by atoms with Crippen LogP contribution in [0.1, 0.15) is 21.6 Å². The van der Waals surface area contributed by atoms with Gasteiger partial charge in [-0.05, 0) is 37.3 Å². The monoisotopic (exact) mass is 399 g/mol. The first-order valence-corrected chi connectivity index (χ1v) is 8.62. The molecule has 0 spiro atoms. The van der Waals surface area contributed by atoms with Crippen molar-refractivity contribution in [1.82, 2.24) is 5.16 Å². The van der Waals surface area contributed by atoms with Crippen molar-refractivity contribution >= 4 is 17.3 Å². The van der Waals surface area contributed by atoms with E-state index in [1.165, 1.54) is 30.3 Å². The fourth-order valence-corrected chi connectivity index (χ4v) is 2.78. The molecule has 0 aliphatic carbocycles. The summed E-state index contributed by atoms with van der Waals surface area (Å²) in [5.41, 5.74) is 2.04. The number of carbonyl (C=O) groups excluding carboxylic acids is 1. The number of benzene rings is 2. The van der Waals surface area contributed by atoms with Gasteiger partial charge in [0.2, 0.25) is 0 Å². The van der Waals surface area contributed by atoms with Crippen molar-refractivity contribution in [2.24, 2.45) is 0 Å². The van der Waals surface area contributed by atoms with Crippen molar-refractivity contribution < 1.29 is 23.4 Å². The van der Waals surface area contributed by atoms with E-state index in [-0.39, 0.29) is 23.7 Å². The minimum atomic E-state index is -0.719. The van der Waals surface area contributed by atoms with E-state index in [2.05, 4.69) is 5.16 Å². The largest absolute Gasteiger partial charge is 0.455 e. The molecule has 0 radical (unpaired) electrons. The van der Waals surface area contributed by atoms with E-state index in [0.29, 0.717) is 28.3 Å². The third kappa shape index (κ3) is 4.23. The summed E-state index contributed by atoms with van der Waals surface area (Å²) >= 11 is 0. The highest BCUT2D eigenvalue weighted by Gasteiger charge is 2.21. The molecule has 1 aromatic heterocycles. The second kappa shape index (κ2) is 8.09. The van der Waals surface area contributed by atoms with E-state index in [1.807, 2.05) is 0 Å². The maximum Gasteiger partial charge on any atom is 0.340 e. The summed E-state index contributed by atoms with van der Waals surface area (Å²) < 4.78 is 23.7. The van der Waals surface area contributed by atoms with Crippen LogP contribution in [0.4, 0.5) is 15.8 Å². The van der Waals surface area contributed by atoms with Crippen LogP contribution < -0.4 is 4.90 Å². The Labute approximate surface area is 165 Å². The highest BCUT2D eigenvalue weighted by Crippen LogP contribution is 2.28. The lowest BCUT2D eigenvalue weighted by Gasteiger charge is -2.16. The normalized spacial score (nSPS) is 10.6. The average molecular weight is 399 g/mol. The lowest BCUT2D eigenvalue weighted by molar-refractivity contribution is -0.384. The third-order valence-corrected chi connectivity index (χ3v) is 4.36. The van der Waals surface area contributed by atoms with Gasteiger partial charge in [0.05, 0.1) is 16.2 Å². The number of esters is 1. The van der Waals surface area contributed by atoms with E-state index in [1.54, 1.807) is 38.1 Å². The van der Waals surface area contributed by atoms with Crippen LogP contribution in [-0.4, -0.2) is 30.1 Å². The Morgan fingerprint density at radius 3 is 2.55 bits per heavy atom. The summed E-state index contributed by atoms with van der Waals surface area (Å²) in [6.07, 6.45) is 0. The molecule has 9 heteroatoms. The van der Waals surface area contributed by atoms with Gasteiger partial charge in [-0.1, -0.05) is 5.16 Å². The van der Waals surface area contributed by atoms with Crippen molar-refractivity contribution in [3.63, 3.8) is 0 Å². The van der Waals surface area contributed by atoms with Crippen molar-refractivity contribution in [3.05, 3.63) is 75.2 Å². The molecule has 3 aromatic rings. The molecular formula is C20H18FN3O5. The predicted molar refractivity (Wildman–Crippen MR) is 103 cm³/mol. The van der Waals surface area contributed by atoms with Crippen molar-refractivity contribution in [2.75, 3.05) is 19.0 Å². The average Bonchev–Trinajstić information content (AvgIpc) is 3.06. The zero-order chi connectivity index (χ0) is 21.1. The fraction of sp³-hybridized carbons (Fsp3) is 0.200. The Hall–Kier alpha value is -3.75. The zero-order valence-electron chi connectivity index (χ0n) is 16.0. The first-order valence-electron chi connectivity index (χ1n) is 8.62. The molecule has 0 atom stereocenters. The molecule has 3 rings (SSSR count). The Bertz CT molecular complexity index is 1060. The van der Waals surface area contributed by atoms with Gasteiger partial charge in [0.1, 0.15) is 18.1 Å². The highest BCUT2D eigenvalue weighted by atomic mass is 19.1. The summed E-state index contributed by atoms with van der Waals surface area (Å²) in [5, 5.41) is 15.0. The maximum absolute atomic E-state index is 13.1. The smallest absolute Gasteiger partial charge is 0.340 e. The van der Waals surface area contributed by atoms with E-state index in [0.717, 1.165) is 0 Å². The maximum atomic E-state index is 13.1. The number of hydrogen-bond acceptors (Lipinski definition) is 7. The van der Waals surface area contributed by atoms with Crippen LogP contribution in [0.5, 0.6) is 0 Å². The van der Waals surface area contributed by atoms with Gasteiger partial charge in [0.15, 0.2) is 5.76 Å². The molecule has 0 aliphatic heterocycles. The van der Waals surface area contributed by atoms with Crippen molar-refractivity contribution in [3.8, 4) is 11.3 Å². The molecule has 0 amide bonds. The van der Waals surface area contributed by atoms with Crippen LogP contribution in [0.3, 0.4) is 0 Å². The summed E-state index contributed by atoms with van der Waals surface area (Å²) in [7, 11) is 3.43. The number of halogens is 1. The number of non-ortho nitro benzene ring substituents is 1. The van der Waals surface area contributed by atoms with Gasteiger partial charge in [-0.25, -0.2) is 9.18 Å². The lowest BCUT2D eigenvalue weighted by Crippen LogP contribution is -2.16. The molecule has 0 unspecified atom stereocenters. The fourth-order valence-electron chi connectivity index (χ4n) is 2.78. The number of ether oxygens (including phenoxy) is 1. The van der Waals surface area contributed by atoms with Gasteiger partial charge in [-0.3, -0.25) is 10.1 Å². The molecule has 2 aromatic carbocycles. The van der Waals surface area contributed by atoms with Crippen LogP contribution in [-0.2, 0) is 11.3 Å². The summed E-state index contributed by atoms with van der Waals surface area (Å²) in [6, 6.07) is 9.73. The van der Waals surface area contributed by atoms with Gasteiger partial charge in [-0.2, -0.15) is 0 Å². The van der Waals surface area contributed by atoms with Crippen LogP contribution >= 0.6 is 0 Å². The number of rotatable bonds is 6. The zero-order valence-corrected chi connectivity index (χ0v) is 16.0. The molecule has 0 saturated heterocycles. The Kier molecular flexibility index (Phi) is 5.58. The standard InChI is InChI=1S/C20H18FN3O5/c1-12-17(22-29-19(12)13-4-6-14(21)7-5-13)11-28-20(25)16-10-15(24(26)27)8-9-18(16)23(2)3/h4-10H,11H2,1-3H3. The molecule has 0 fully saturated rings. The predicted octanol–water partition coefficient (Wildman–Crippen LogP) is 4.12. The molecule has 0 aliphatic rings. The number of aromatic nitrogens is 1. The molecule has 0 saturated carbocycles. The Morgan fingerprint density at radius 1 is 1.24 bits per heavy atom.